The fraction of sp³-hybridized carbons (Fsp3) is 0.500. The fourth-order valence-corrected chi connectivity index (χ4v) is 4.94. The number of carbonyl (C=O) groups excluding carboxylic acids is 1. The van der Waals surface area contributed by atoms with Gasteiger partial charge in [-0.3, -0.25) is 4.79 Å². The van der Waals surface area contributed by atoms with Gasteiger partial charge in [0.25, 0.3) is 0 Å². The van der Waals surface area contributed by atoms with Crippen LogP contribution in [-0.4, -0.2) is 30.6 Å². The second kappa shape index (κ2) is 7.66. The highest BCUT2D eigenvalue weighted by Crippen LogP contribution is 2.42. The lowest BCUT2D eigenvalue weighted by atomic mass is 9.92. The summed E-state index contributed by atoms with van der Waals surface area (Å²) in [6.07, 6.45) is 3.88. The largest absolute Gasteiger partial charge is 0.493 e. The Hall–Kier alpha value is -2.08. The molecule has 1 atom stereocenters. The van der Waals surface area contributed by atoms with Crippen molar-refractivity contribution in [1.29, 1.82) is 0 Å². The van der Waals surface area contributed by atoms with E-state index in [0.29, 0.717) is 19.6 Å². The average Bonchev–Trinajstić information content (AvgIpc) is 3.30. The van der Waals surface area contributed by atoms with Gasteiger partial charge in [-0.15, -0.1) is 11.3 Å². The van der Waals surface area contributed by atoms with Gasteiger partial charge in [0.2, 0.25) is 5.91 Å². The van der Waals surface area contributed by atoms with Gasteiger partial charge in [0, 0.05) is 35.9 Å². The van der Waals surface area contributed by atoms with E-state index in [4.69, 9.17) is 9.72 Å². The Bertz CT molecular complexity index is 783. The molecule has 26 heavy (non-hydrogen) atoms. The second-order valence-corrected chi connectivity index (χ2v) is 7.93. The van der Waals surface area contributed by atoms with Crippen molar-refractivity contribution in [1.82, 2.24) is 10.3 Å². The second-order valence-electron chi connectivity index (χ2n) is 6.92. The third kappa shape index (κ3) is 3.43. The standard InChI is InChI=1S/C20H25N3O2S/c1-2-11-25-17-8-4-3-7-14(17)15-12-18(24)21-13-16-19(15)26-20(22-16)23-9-5-6-10-23/h3-4,7-8,15H,2,5-6,9-13H2,1H3,(H,21,24). The van der Waals surface area contributed by atoms with Crippen molar-refractivity contribution in [2.75, 3.05) is 24.6 Å². The number of thiazole rings is 1. The van der Waals surface area contributed by atoms with E-state index in [2.05, 4.69) is 23.2 Å². The molecule has 2 aliphatic heterocycles. The molecule has 6 heteroatoms. The van der Waals surface area contributed by atoms with Crippen molar-refractivity contribution < 1.29 is 9.53 Å². The number of carbonyl (C=O) groups is 1. The van der Waals surface area contributed by atoms with E-state index >= 15 is 0 Å². The lowest BCUT2D eigenvalue weighted by Crippen LogP contribution is -2.22. The van der Waals surface area contributed by atoms with E-state index in [1.807, 2.05) is 18.2 Å². The number of anilines is 1. The van der Waals surface area contributed by atoms with Gasteiger partial charge in [0.15, 0.2) is 5.13 Å². The molecular weight excluding hydrogens is 346 g/mol. The van der Waals surface area contributed by atoms with Crippen LogP contribution in [0.5, 0.6) is 5.75 Å². The molecule has 1 amide bonds. The predicted octanol–water partition coefficient (Wildman–Crippen LogP) is 3.68. The van der Waals surface area contributed by atoms with E-state index in [-0.39, 0.29) is 11.8 Å². The third-order valence-electron chi connectivity index (χ3n) is 5.01. The zero-order valence-electron chi connectivity index (χ0n) is 15.2. The van der Waals surface area contributed by atoms with Crippen LogP contribution in [-0.2, 0) is 11.3 Å². The van der Waals surface area contributed by atoms with Crippen LogP contribution in [0.15, 0.2) is 24.3 Å². The highest BCUT2D eigenvalue weighted by atomic mass is 32.1. The quantitative estimate of drug-likeness (QED) is 0.871. The highest BCUT2D eigenvalue weighted by Gasteiger charge is 2.31. The number of amides is 1. The van der Waals surface area contributed by atoms with Crippen molar-refractivity contribution in [2.24, 2.45) is 0 Å². The summed E-state index contributed by atoms with van der Waals surface area (Å²) in [5, 5.41) is 4.11. The Balaban J connectivity index is 1.72. The number of fused-ring (bicyclic) bond motifs is 1. The maximum absolute atomic E-state index is 12.3. The highest BCUT2D eigenvalue weighted by molar-refractivity contribution is 7.15. The van der Waals surface area contributed by atoms with Crippen molar-refractivity contribution in [3.05, 3.63) is 40.4 Å². The first-order chi connectivity index (χ1) is 12.8. The van der Waals surface area contributed by atoms with E-state index in [1.54, 1.807) is 11.3 Å². The molecule has 2 aliphatic rings. The minimum absolute atomic E-state index is 0.00871. The van der Waals surface area contributed by atoms with Crippen LogP contribution in [0.25, 0.3) is 0 Å². The SMILES string of the molecule is CCCOc1ccccc1C1CC(=O)NCc2nc(N3CCCC3)sc21. The number of benzene rings is 1. The average molecular weight is 372 g/mol. The van der Waals surface area contributed by atoms with Gasteiger partial charge in [-0.05, 0) is 25.3 Å². The van der Waals surface area contributed by atoms with Gasteiger partial charge in [0.05, 0.1) is 18.8 Å². The lowest BCUT2D eigenvalue weighted by molar-refractivity contribution is -0.121. The molecule has 3 heterocycles. The fourth-order valence-electron chi connectivity index (χ4n) is 3.69. The molecule has 1 aromatic carbocycles. The third-order valence-corrected chi connectivity index (χ3v) is 6.28. The molecule has 0 aliphatic carbocycles. The monoisotopic (exact) mass is 371 g/mol. The minimum Gasteiger partial charge on any atom is -0.493 e. The van der Waals surface area contributed by atoms with E-state index in [9.17, 15) is 4.79 Å². The Morgan fingerprint density at radius 1 is 1.31 bits per heavy atom. The van der Waals surface area contributed by atoms with E-state index in [0.717, 1.165) is 41.6 Å². The Kier molecular flexibility index (Phi) is 5.11. The summed E-state index contributed by atoms with van der Waals surface area (Å²) in [7, 11) is 0. The number of hydrogen-bond acceptors (Lipinski definition) is 5. The number of nitrogens with zero attached hydrogens (tertiary/aromatic N) is 2. The number of aromatic nitrogens is 1. The summed E-state index contributed by atoms with van der Waals surface area (Å²) in [5.41, 5.74) is 2.11. The molecular formula is C20H25N3O2S. The van der Waals surface area contributed by atoms with Crippen LogP contribution in [0.1, 0.15) is 54.7 Å². The van der Waals surface area contributed by atoms with Gasteiger partial charge in [-0.2, -0.15) is 0 Å². The molecule has 138 valence electrons. The smallest absolute Gasteiger partial charge is 0.221 e. The topological polar surface area (TPSA) is 54.5 Å². The summed E-state index contributed by atoms with van der Waals surface area (Å²) in [5.74, 6) is 0.971. The first-order valence-corrected chi connectivity index (χ1v) is 10.3. The van der Waals surface area contributed by atoms with E-state index < -0.39 is 0 Å². The summed E-state index contributed by atoms with van der Waals surface area (Å²) < 4.78 is 5.98. The molecule has 1 unspecified atom stereocenters. The minimum atomic E-state index is 0.00871. The molecule has 1 saturated heterocycles. The Labute approximate surface area is 158 Å². The Morgan fingerprint density at radius 2 is 2.12 bits per heavy atom. The van der Waals surface area contributed by atoms with Gasteiger partial charge in [-0.25, -0.2) is 4.98 Å². The molecule has 0 saturated carbocycles. The summed E-state index contributed by atoms with van der Waals surface area (Å²) in [4.78, 5) is 20.8. The summed E-state index contributed by atoms with van der Waals surface area (Å²) >= 11 is 1.75. The Morgan fingerprint density at radius 3 is 2.92 bits per heavy atom. The van der Waals surface area contributed by atoms with Crippen LogP contribution in [0, 0.1) is 0 Å². The number of nitrogens with one attached hydrogen (secondary N) is 1. The summed E-state index contributed by atoms with van der Waals surface area (Å²) in [6, 6.07) is 8.12. The van der Waals surface area contributed by atoms with Gasteiger partial charge in [0.1, 0.15) is 5.75 Å². The molecule has 1 fully saturated rings. The van der Waals surface area contributed by atoms with Crippen molar-refractivity contribution >= 4 is 22.4 Å². The molecule has 0 spiro atoms. The molecule has 0 radical (unpaired) electrons. The van der Waals surface area contributed by atoms with Gasteiger partial charge >= 0.3 is 0 Å². The van der Waals surface area contributed by atoms with Crippen molar-refractivity contribution in [3.63, 3.8) is 0 Å². The first kappa shape index (κ1) is 17.3. The maximum atomic E-state index is 12.3. The number of para-hydroxylation sites is 1. The van der Waals surface area contributed by atoms with Crippen LogP contribution < -0.4 is 15.0 Å². The number of rotatable bonds is 5. The van der Waals surface area contributed by atoms with Gasteiger partial charge in [-0.1, -0.05) is 25.1 Å². The summed E-state index contributed by atoms with van der Waals surface area (Å²) in [6.45, 7) is 5.47. The van der Waals surface area contributed by atoms with Crippen molar-refractivity contribution in [2.45, 2.75) is 45.1 Å². The first-order valence-electron chi connectivity index (χ1n) is 9.49. The molecule has 5 nitrogen and oxygen atoms in total. The van der Waals surface area contributed by atoms with Crippen LogP contribution in [0.3, 0.4) is 0 Å². The molecule has 1 aromatic heterocycles. The molecule has 0 bridgehead atoms. The van der Waals surface area contributed by atoms with E-state index in [1.165, 1.54) is 17.7 Å². The lowest BCUT2D eigenvalue weighted by Gasteiger charge is -2.18. The number of ether oxygens (including phenoxy) is 1. The van der Waals surface area contributed by atoms with Crippen LogP contribution in [0.2, 0.25) is 0 Å². The molecule has 1 N–H and O–H groups in total. The molecule has 2 aromatic rings. The zero-order valence-corrected chi connectivity index (χ0v) is 16.0. The van der Waals surface area contributed by atoms with Crippen LogP contribution >= 0.6 is 11.3 Å². The zero-order chi connectivity index (χ0) is 17.9. The normalized spacial score (nSPS) is 19.8. The molecule has 4 rings (SSSR count). The van der Waals surface area contributed by atoms with Crippen LogP contribution in [0.4, 0.5) is 5.13 Å². The van der Waals surface area contributed by atoms with Gasteiger partial charge < -0.3 is 15.0 Å². The van der Waals surface area contributed by atoms with Crippen molar-refractivity contribution in [3.8, 4) is 5.75 Å². The predicted molar refractivity (Wildman–Crippen MR) is 104 cm³/mol. The maximum Gasteiger partial charge on any atom is 0.221 e. The number of hydrogen-bond donors (Lipinski definition) is 1.